The van der Waals surface area contributed by atoms with E-state index in [0.29, 0.717) is 19.6 Å². The fraction of sp³-hybridized carbons (Fsp3) is 0.571. The third-order valence-corrected chi connectivity index (χ3v) is 5.27. The number of sulfonamides is 1. The number of anilines is 1. The monoisotopic (exact) mass is 298 g/mol. The summed E-state index contributed by atoms with van der Waals surface area (Å²) in [7, 11) is -1.70. The average molecular weight is 298 g/mol. The highest BCUT2D eigenvalue weighted by Crippen LogP contribution is 2.34. The molecule has 1 saturated carbocycles. The molecule has 0 unspecified atom stereocenters. The zero-order valence-electron chi connectivity index (χ0n) is 11.8. The van der Waals surface area contributed by atoms with Crippen LogP contribution in [0.1, 0.15) is 24.8 Å². The number of nitrogens with two attached hydrogens (primary N) is 1. The van der Waals surface area contributed by atoms with Gasteiger partial charge in [-0.05, 0) is 37.0 Å². The summed E-state index contributed by atoms with van der Waals surface area (Å²) >= 11 is 0. The molecule has 0 saturated heterocycles. The van der Waals surface area contributed by atoms with Gasteiger partial charge in [-0.25, -0.2) is 8.42 Å². The molecule has 1 aliphatic carbocycles. The Kier molecular flexibility index (Phi) is 5.01. The summed E-state index contributed by atoms with van der Waals surface area (Å²) in [5, 5.41) is 0. The lowest BCUT2D eigenvalue weighted by Crippen LogP contribution is -2.35. The molecule has 0 aliphatic heterocycles. The van der Waals surface area contributed by atoms with Crippen molar-refractivity contribution in [2.45, 2.75) is 31.8 Å². The molecule has 0 bridgehead atoms. The topological polar surface area (TPSA) is 72.6 Å². The second kappa shape index (κ2) is 6.56. The van der Waals surface area contributed by atoms with Crippen LogP contribution in [0.2, 0.25) is 0 Å². The summed E-state index contributed by atoms with van der Waals surface area (Å²) in [5.41, 5.74) is 7.31. The van der Waals surface area contributed by atoms with Crippen LogP contribution in [0.3, 0.4) is 0 Å². The van der Waals surface area contributed by atoms with Gasteiger partial charge in [-0.2, -0.15) is 0 Å². The Balaban J connectivity index is 2.17. The molecule has 1 aromatic rings. The van der Waals surface area contributed by atoms with Crippen LogP contribution in [0.5, 0.6) is 0 Å². The number of rotatable bonds is 8. The molecule has 1 aliphatic rings. The third-order valence-electron chi connectivity index (χ3n) is 3.36. The van der Waals surface area contributed by atoms with Gasteiger partial charge in [0.1, 0.15) is 0 Å². The predicted octanol–water partition coefficient (Wildman–Crippen LogP) is 1.48. The quantitative estimate of drug-likeness (QED) is 0.738. The largest absolute Gasteiger partial charge is 0.385 e. The number of hydrogen-bond donors (Lipinski definition) is 1. The zero-order chi connectivity index (χ0) is 14.6. The lowest BCUT2D eigenvalue weighted by molar-refractivity contribution is 0.199. The van der Waals surface area contributed by atoms with Crippen molar-refractivity contribution >= 4 is 15.7 Å². The zero-order valence-corrected chi connectivity index (χ0v) is 12.6. The van der Waals surface area contributed by atoms with E-state index in [2.05, 4.69) is 0 Å². The molecule has 0 atom stereocenters. The molecule has 0 radical (unpaired) electrons. The van der Waals surface area contributed by atoms with Gasteiger partial charge in [0.15, 0.2) is 0 Å². The van der Waals surface area contributed by atoms with E-state index in [1.165, 1.54) is 0 Å². The van der Waals surface area contributed by atoms with Crippen molar-refractivity contribution in [1.29, 1.82) is 0 Å². The van der Waals surface area contributed by atoms with Gasteiger partial charge in [-0.1, -0.05) is 12.1 Å². The van der Waals surface area contributed by atoms with Gasteiger partial charge < -0.3 is 10.5 Å². The summed E-state index contributed by atoms with van der Waals surface area (Å²) in [6.45, 7) is 0.925. The fourth-order valence-electron chi connectivity index (χ4n) is 2.17. The van der Waals surface area contributed by atoms with Crippen molar-refractivity contribution in [2.75, 3.05) is 23.8 Å². The molecule has 0 aromatic heterocycles. The Hall–Kier alpha value is -1.11. The van der Waals surface area contributed by atoms with Crippen LogP contribution in [0.4, 0.5) is 5.69 Å². The summed E-state index contributed by atoms with van der Waals surface area (Å²) in [6, 6.07) is 7.57. The number of methoxy groups -OCH3 is 1. The van der Waals surface area contributed by atoms with Gasteiger partial charge in [0.25, 0.3) is 0 Å². The first-order valence-electron chi connectivity index (χ1n) is 6.88. The minimum absolute atomic E-state index is 0.117. The summed E-state index contributed by atoms with van der Waals surface area (Å²) < 4.78 is 31.5. The molecule has 20 heavy (non-hydrogen) atoms. The van der Waals surface area contributed by atoms with Crippen LogP contribution in [-0.4, -0.2) is 33.9 Å². The molecule has 2 N–H and O–H groups in total. The smallest absolute Gasteiger partial charge is 0.235 e. The second-order valence-corrected chi connectivity index (χ2v) is 7.03. The van der Waals surface area contributed by atoms with Crippen molar-refractivity contribution in [1.82, 2.24) is 0 Å². The number of hydrogen-bond acceptors (Lipinski definition) is 4. The average Bonchev–Trinajstić information content (AvgIpc) is 3.24. The molecule has 0 amide bonds. The lowest BCUT2D eigenvalue weighted by atomic mass is 10.2. The SMILES string of the molecule is COCCCS(=O)(=O)N(c1ccc(CN)cc1)C1CC1. The third kappa shape index (κ3) is 3.71. The Labute approximate surface area is 120 Å². The van der Waals surface area contributed by atoms with Gasteiger partial charge in [0.2, 0.25) is 10.0 Å². The van der Waals surface area contributed by atoms with Crippen molar-refractivity contribution in [3.05, 3.63) is 29.8 Å². The normalized spacial score (nSPS) is 15.3. The summed E-state index contributed by atoms with van der Waals surface area (Å²) in [6.07, 6.45) is 2.38. The van der Waals surface area contributed by atoms with Gasteiger partial charge in [0, 0.05) is 26.3 Å². The molecule has 2 rings (SSSR count). The number of nitrogens with zero attached hydrogens (tertiary/aromatic N) is 1. The Morgan fingerprint density at radius 2 is 1.95 bits per heavy atom. The number of ether oxygens (including phenoxy) is 1. The highest BCUT2D eigenvalue weighted by atomic mass is 32.2. The van der Waals surface area contributed by atoms with Crippen LogP contribution < -0.4 is 10.0 Å². The molecule has 6 heteroatoms. The van der Waals surface area contributed by atoms with Crippen LogP contribution >= 0.6 is 0 Å². The van der Waals surface area contributed by atoms with Crippen LogP contribution in [0, 0.1) is 0 Å². The Morgan fingerprint density at radius 1 is 1.30 bits per heavy atom. The maximum Gasteiger partial charge on any atom is 0.235 e. The summed E-state index contributed by atoms with van der Waals surface area (Å²) in [5.74, 6) is 0.121. The first-order valence-corrected chi connectivity index (χ1v) is 8.49. The lowest BCUT2D eigenvalue weighted by Gasteiger charge is -2.24. The standard InChI is InChI=1S/C14H22N2O3S/c1-19-9-2-10-20(17,18)16(14-7-8-14)13-5-3-12(11-15)4-6-13/h3-6,14H,2,7-11,15H2,1H3. The van der Waals surface area contributed by atoms with Gasteiger partial charge in [0.05, 0.1) is 11.4 Å². The molecule has 1 aromatic carbocycles. The van der Waals surface area contributed by atoms with E-state index >= 15 is 0 Å². The Morgan fingerprint density at radius 3 is 2.45 bits per heavy atom. The van der Waals surface area contributed by atoms with E-state index in [-0.39, 0.29) is 11.8 Å². The maximum atomic E-state index is 12.5. The van der Waals surface area contributed by atoms with Crippen LogP contribution in [0.25, 0.3) is 0 Å². The predicted molar refractivity (Wildman–Crippen MR) is 80.1 cm³/mol. The van der Waals surface area contributed by atoms with Crippen molar-refractivity contribution in [3.8, 4) is 0 Å². The van der Waals surface area contributed by atoms with E-state index in [4.69, 9.17) is 10.5 Å². The van der Waals surface area contributed by atoms with E-state index in [1.807, 2.05) is 24.3 Å². The first-order chi connectivity index (χ1) is 9.58. The van der Waals surface area contributed by atoms with Crippen molar-refractivity contribution in [2.24, 2.45) is 5.73 Å². The Bertz CT molecular complexity index is 524. The van der Waals surface area contributed by atoms with Gasteiger partial charge in [-0.3, -0.25) is 4.31 Å². The molecule has 112 valence electrons. The highest BCUT2D eigenvalue weighted by Gasteiger charge is 2.36. The van der Waals surface area contributed by atoms with E-state index in [1.54, 1.807) is 11.4 Å². The minimum Gasteiger partial charge on any atom is -0.385 e. The van der Waals surface area contributed by atoms with Crippen LogP contribution in [-0.2, 0) is 21.3 Å². The molecular weight excluding hydrogens is 276 g/mol. The van der Waals surface area contributed by atoms with Crippen LogP contribution in [0.15, 0.2) is 24.3 Å². The van der Waals surface area contributed by atoms with E-state index in [0.717, 1.165) is 24.1 Å². The van der Waals surface area contributed by atoms with E-state index in [9.17, 15) is 8.42 Å². The molecular formula is C14H22N2O3S. The molecule has 1 fully saturated rings. The number of benzene rings is 1. The first kappa shape index (κ1) is 15.3. The molecule has 0 spiro atoms. The van der Waals surface area contributed by atoms with Gasteiger partial charge in [-0.15, -0.1) is 0 Å². The van der Waals surface area contributed by atoms with E-state index < -0.39 is 10.0 Å². The van der Waals surface area contributed by atoms with Crippen molar-refractivity contribution in [3.63, 3.8) is 0 Å². The van der Waals surface area contributed by atoms with Crippen molar-refractivity contribution < 1.29 is 13.2 Å². The summed E-state index contributed by atoms with van der Waals surface area (Å²) in [4.78, 5) is 0. The molecule has 0 heterocycles. The fourth-order valence-corrected chi connectivity index (χ4v) is 3.96. The maximum absolute atomic E-state index is 12.5. The highest BCUT2D eigenvalue weighted by molar-refractivity contribution is 7.92. The second-order valence-electron chi connectivity index (χ2n) is 5.06. The minimum atomic E-state index is -3.28. The molecule has 5 nitrogen and oxygen atoms in total. The van der Waals surface area contributed by atoms with Gasteiger partial charge >= 0.3 is 0 Å².